The van der Waals surface area contributed by atoms with Gasteiger partial charge in [-0.05, 0) is 65.2 Å². The van der Waals surface area contributed by atoms with E-state index in [-0.39, 0.29) is 17.9 Å². The van der Waals surface area contributed by atoms with Gasteiger partial charge in [0.2, 0.25) is 0 Å². The van der Waals surface area contributed by atoms with Gasteiger partial charge in [-0.3, -0.25) is 9.59 Å². The summed E-state index contributed by atoms with van der Waals surface area (Å²) in [7, 11) is 1.41. The highest BCUT2D eigenvalue weighted by atomic mass is 79.9. The van der Waals surface area contributed by atoms with E-state index in [1.165, 1.54) is 7.11 Å². The Morgan fingerprint density at radius 1 is 1.12 bits per heavy atom. The van der Waals surface area contributed by atoms with Crippen LogP contribution in [0.15, 0.2) is 28.7 Å². The molecule has 4 nitrogen and oxygen atoms in total. The highest BCUT2D eigenvalue weighted by molar-refractivity contribution is 9.10. The number of halogens is 1. The Kier molecular flexibility index (Phi) is 8.32. The Morgan fingerprint density at radius 2 is 1.77 bits per heavy atom. The molecule has 0 saturated heterocycles. The number of carbonyl (C=O) groups excluding carboxylic acids is 2. The average Bonchev–Trinajstić information content (AvgIpc) is 2.52. The third kappa shape index (κ3) is 7.48. The van der Waals surface area contributed by atoms with Crippen LogP contribution in [-0.4, -0.2) is 24.6 Å². The molecule has 0 aliphatic rings. The first-order valence-electron chi connectivity index (χ1n) is 9.03. The first-order valence-corrected chi connectivity index (χ1v) is 9.82. The number of benzene rings is 1. The number of ether oxygens (including phenoxy) is 2. The van der Waals surface area contributed by atoms with Gasteiger partial charge in [0, 0.05) is 4.47 Å². The second kappa shape index (κ2) is 9.54. The summed E-state index contributed by atoms with van der Waals surface area (Å²) in [6, 6.07) is 7.79. The van der Waals surface area contributed by atoms with Gasteiger partial charge >= 0.3 is 11.9 Å². The Labute approximate surface area is 165 Å². The molecule has 1 aromatic rings. The van der Waals surface area contributed by atoms with Crippen molar-refractivity contribution in [1.29, 1.82) is 0 Å². The molecule has 1 unspecified atom stereocenters. The van der Waals surface area contributed by atoms with Gasteiger partial charge in [0.1, 0.15) is 5.60 Å². The molecule has 5 heteroatoms. The van der Waals surface area contributed by atoms with Crippen LogP contribution in [-0.2, 0) is 19.1 Å². The summed E-state index contributed by atoms with van der Waals surface area (Å²) in [5.41, 5.74) is -0.0824. The predicted molar refractivity (Wildman–Crippen MR) is 107 cm³/mol. The van der Waals surface area contributed by atoms with Gasteiger partial charge < -0.3 is 9.47 Å². The summed E-state index contributed by atoms with van der Waals surface area (Å²) in [6.07, 6.45) is 3.08. The molecule has 1 atom stereocenters. The number of rotatable bonds is 8. The van der Waals surface area contributed by atoms with Gasteiger partial charge in [-0.15, -0.1) is 0 Å². The fourth-order valence-corrected chi connectivity index (χ4v) is 3.23. The molecule has 0 heterocycles. The van der Waals surface area contributed by atoms with Crippen molar-refractivity contribution < 1.29 is 19.1 Å². The number of carbonyl (C=O) groups is 2. The standard InChI is InChI=1S/C21H31BrO4/c1-20(2,3)26-18(23)17(15-10-9-11-16(22)14-15)12-7-8-13-21(4,5)19(24)25-6/h9-11,14,17H,7-8,12-13H2,1-6H3. The fraction of sp³-hybridized carbons (Fsp3) is 0.619. The molecule has 146 valence electrons. The highest BCUT2D eigenvalue weighted by Gasteiger charge is 2.29. The molecular formula is C21H31BrO4. The van der Waals surface area contributed by atoms with Crippen LogP contribution in [0.4, 0.5) is 0 Å². The third-order valence-corrected chi connectivity index (χ3v) is 4.72. The largest absolute Gasteiger partial charge is 0.469 e. The molecule has 0 bridgehead atoms. The smallest absolute Gasteiger partial charge is 0.313 e. The van der Waals surface area contributed by atoms with Crippen LogP contribution in [0, 0.1) is 5.41 Å². The second-order valence-electron chi connectivity index (χ2n) is 8.26. The molecule has 0 fully saturated rings. The predicted octanol–water partition coefficient (Wildman–Crippen LogP) is 5.63. The molecule has 0 aliphatic heterocycles. The van der Waals surface area contributed by atoms with Crippen LogP contribution in [0.1, 0.15) is 71.8 Å². The van der Waals surface area contributed by atoms with Crippen LogP contribution in [0.2, 0.25) is 0 Å². The maximum absolute atomic E-state index is 12.7. The van der Waals surface area contributed by atoms with E-state index in [2.05, 4.69) is 15.9 Å². The first-order chi connectivity index (χ1) is 12.0. The summed E-state index contributed by atoms with van der Waals surface area (Å²) < 4.78 is 11.4. The molecule has 0 N–H and O–H groups in total. The van der Waals surface area contributed by atoms with E-state index in [9.17, 15) is 9.59 Å². The molecule has 0 radical (unpaired) electrons. The number of hydrogen-bond donors (Lipinski definition) is 0. The zero-order valence-electron chi connectivity index (χ0n) is 16.7. The fourth-order valence-electron chi connectivity index (χ4n) is 2.81. The summed E-state index contributed by atoms with van der Waals surface area (Å²) in [5, 5.41) is 0. The molecule has 0 spiro atoms. The van der Waals surface area contributed by atoms with Gasteiger partial charge in [-0.25, -0.2) is 0 Å². The highest BCUT2D eigenvalue weighted by Crippen LogP contribution is 2.30. The van der Waals surface area contributed by atoms with Crippen molar-refractivity contribution in [3.63, 3.8) is 0 Å². The topological polar surface area (TPSA) is 52.6 Å². The van der Waals surface area contributed by atoms with Crippen molar-refractivity contribution in [2.24, 2.45) is 5.41 Å². The maximum Gasteiger partial charge on any atom is 0.313 e. The van der Waals surface area contributed by atoms with Crippen LogP contribution in [0.5, 0.6) is 0 Å². The molecule has 1 rings (SSSR count). The van der Waals surface area contributed by atoms with E-state index in [1.54, 1.807) is 0 Å². The number of hydrogen-bond acceptors (Lipinski definition) is 4. The number of methoxy groups -OCH3 is 1. The maximum atomic E-state index is 12.7. The van der Waals surface area contributed by atoms with Gasteiger partial charge in [-0.1, -0.05) is 40.9 Å². The van der Waals surface area contributed by atoms with Crippen molar-refractivity contribution in [3.8, 4) is 0 Å². The van der Waals surface area contributed by atoms with Crippen LogP contribution in [0.25, 0.3) is 0 Å². The lowest BCUT2D eigenvalue weighted by atomic mass is 9.85. The lowest BCUT2D eigenvalue weighted by molar-refractivity contribution is -0.157. The minimum Gasteiger partial charge on any atom is -0.469 e. The second-order valence-corrected chi connectivity index (χ2v) is 9.18. The molecule has 0 aliphatic carbocycles. The molecule has 26 heavy (non-hydrogen) atoms. The van der Waals surface area contributed by atoms with E-state index in [0.717, 1.165) is 29.3 Å². The van der Waals surface area contributed by atoms with E-state index in [4.69, 9.17) is 9.47 Å². The molecule has 0 saturated carbocycles. The molecule has 0 amide bonds. The summed E-state index contributed by atoms with van der Waals surface area (Å²) in [5.74, 6) is -0.719. The lowest BCUT2D eigenvalue weighted by Gasteiger charge is -2.25. The zero-order valence-corrected chi connectivity index (χ0v) is 18.3. The van der Waals surface area contributed by atoms with E-state index in [0.29, 0.717) is 6.42 Å². The van der Waals surface area contributed by atoms with Crippen molar-refractivity contribution in [3.05, 3.63) is 34.3 Å². The van der Waals surface area contributed by atoms with Crippen LogP contribution in [0.3, 0.4) is 0 Å². The Hall–Kier alpha value is -1.36. The van der Waals surface area contributed by atoms with Crippen molar-refractivity contribution >= 4 is 27.9 Å². The van der Waals surface area contributed by atoms with E-state index < -0.39 is 11.0 Å². The van der Waals surface area contributed by atoms with E-state index >= 15 is 0 Å². The number of esters is 2. The van der Waals surface area contributed by atoms with Crippen molar-refractivity contribution in [2.45, 2.75) is 71.8 Å². The minimum atomic E-state index is -0.520. The van der Waals surface area contributed by atoms with Gasteiger partial charge in [0.05, 0.1) is 18.4 Å². The quantitative estimate of drug-likeness (QED) is 0.398. The Balaban J connectivity index is 2.78. The van der Waals surface area contributed by atoms with Crippen molar-refractivity contribution in [2.75, 3.05) is 7.11 Å². The first kappa shape index (κ1) is 22.7. The summed E-state index contributed by atoms with van der Waals surface area (Å²) >= 11 is 3.47. The Bertz CT molecular complexity index is 617. The SMILES string of the molecule is COC(=O)C(C)(C)CCCCC(C(=O)OC(C)(C)C)c1cccc(Br)c1. The van der Waals surface area contributed by atoms with Gasteiger partial charge in [0.15, 0.2) is 0 Å². The minimum absolute atomic E-state index is 0.201. The molecular weight excluding hydrogens is 396 g/mol. The van der Waals surface area contributed by atoms with Gasteiger partial charge in [0.25, 0.3) is 0 Å². The third-order valence-electron chi connectivity index (χ3n) is 4.22. The number of unbranched alkanes of at least 4 members (excludes halogenated alkanes) is 1. The lowest BCUT2D eigenvalue weighted by Crippen LogP contribution is -2.28. The van der Waals surface area contributed by atoms with Crippen LogP contribution < -0.4 is 0 Å². The van der Waals surface area contributed by atoms with Crippen molar-refractivity contribution in [1.82, 2.24) is 0 Å². The Morgan fingerprint density at radius 3 is 2.31 bits per heavy atom. The van der Waals surface area contributed by atoms with Crippen LogP contribution >= 0.6 is 15.9 Å². The molecule has 1 aromatic carbocycles. The average molecular weight is 427 g/mol. The monoisotopic (exact) mass is 426 g/mol. The molecule has 0 aromatic heterocycles. The summed E-state index contributed by atoms with van der Waals surface area (Å²) in [4.78, 5) is 24.5. The zero-order chi connectivity index (χ0) is 20.0. The van der Waals surface area contributed by atoms with Gasteiger partial charge in [-0.2, -0.15) is 0 Å². The van der Waals surface area contributed by atoms with E-state index in [1.807, 2.05) is 58.9 Å². The summed E-state index contributed by atoms with van der Waals surface area (Å²) in [6.45, 7) is 9.40. The normalized spacial score (nSPS) is 13.2.